The molecule has 3 unspecified atom stereocenters. The largest absolute Gasteiger partial charge is 0.393 e. The topological polar surface area (TPSA) is 69.9 Å². The zero-order valence-corrected chi connectivity index (χ0v) is 9.02. The maximum atomic E-state index is 9.39. The molecule has 3 N–H and O–H groups in total. The highest BCUT2D eigenvalue weighted by molar-refractivity contribution is 4.57. The summed E-state index contributed by atoms with van der Waals surface area (Å²) in [7, 11) is 0. The maximum Gasteiger partial charge on any atom is 0.0773 e. The molecule has 0 aliphatic rings. The first kappa shape index (κ1) is 13.8. The van der Waals surface area contributed by atoms with Crippen LogP contribution in [0.5, 0.6) is 0 Å². The Morgan fingerprint density at radius 1 is 0.929 bits per heavy atom. The Bertz CT molecular complexity index is 111. The quantitative estimate of drug-likeness (QED) is 0.534. The Morgan fingerprint density at radius 2 is 1.57 bits per heavy atom. The SMILES string of the molecule is CC(O)CCCC(O)COCC(C)O. The molecular weight excluding hydrogens is 184 g/mol. The van der Waals surface area contributed by atoms with Gasteiger partial charge in [-0.05, 0) is 33.1 Å². The minimum atomic E-state index is -0.493. The van der Waals surface area contributed by atoms with Crippen LogP contribution in [0.15, 0.2) is 0 Å². The van der Waals surface area contributed by atoms with Crippen molar-refractivity contribution in [1.29, 1.82) is 0 Å². The first-order valence-electron chi connectivity index (χ1n) is 5.14. The zero-order chi connectivity index (χ0) is 11.0. The lowest BCUT2D eigenvalue weighted by Gasteiger charge is -2.12. The van der Waals surface area contributed by atoms with Gasteiger partial charge in [0.2, 0.25) is 0 Å². The number of aliphatic hydroxyl groups is 3. The fraction of sp³-hybridized carbons (Fsp3) is 1.00. The maximum absolute atomic E-state index is 9.39. The van der Waals surface area contributed by atoms with Crippen LogP contribution in [-0.2, 0) is 4.74 Å². The fourth-order valence-electron chi connectivity index (χ4n) is 1.11. The molecule has 0 saturated heterocycles. The standard InChI is InChI=1S/C10H22O4/c1-8(11)4-3-5-10(13)7-14-6-9(2)12/h8-13H,3-7H2,1-2H3. The highest BCUT2D eigenvalue weighted by Gasteiger charge is 2.06. The third-order valence-electron chi connectivity index (χ3n) is 1.83. The van der Waals surface area contributed by atoms with Crippen LogP contribution >= 0.6 is 0 Å². The number of hydrogen-bond donors (Lipinski definition) is 3. The van der Waals surface area contributed by atoms with E-state index in [0.717, 1.165) is 6.42 Å². The molecule has 0 aromatic rings. The molecule has 0 aromatic carbocycles. The van der Waals surface area contributed by atoms with Gasteiger partial charge in [0.25, 0.3) is 0 Å². The van der Waals surface area contributed by atoms with Gasteiger partial charge < -0.3 is 20.1 Å². The van der Waals surface area contributed by atoms with Gasteiger partial charge in [0, 0.05) is 0 Å². The summed E-state index contributed by atoms with van der Waals surface area (Å²) in [5, 5.41) is 27.2. The molecule has 0 aromatic heterocycles. The van der Waals surface area contributed by atoms with Gasteiger partial charge in [-0.2, -0.15) is 0 Å². The van der Waals surface area contributed by atoms with Crippen LogP contribution in [0.25, 0.3) is 0 Å². The van der Waals surface area contributed by atoms with E-state index in [1.54, 1.807) is 13.8 Å². The van der Waals surface area contributed by atoms with E-state index in [-0.39, 0.29) is 19.3 Å². The average molecular weight is 206 g/mol. The van der Waals surface area contributed by atoms with Crippen molar-refractivity contribution in [2.45, 2.75) is 51.4 Å². The third kappa shape index (κ3) is 9.92. The molecule has 0 heterocycles. The van der Waals surface area contributed by atoms with Crippen LogP contribution in [-0.4, -0.2) is 46.8 Å². The normalized spacial score (nSPS) is 17.8. The van der Waals surface area contributed by atoms with E-state index in [2.05, 4.69) is 0 Å². The molecule has 0 aliphatic heterocycles. The lowest BCUT2D eigenvalue weighted by Crippen LogP contribution is -2.20. The molecule has 0 fully saturated rings. The van der Waals surface area contributed by atoms with Crippen molar-refractivity contribution in [3.8, 4) is 0 Å². The zero-order valence-electron chi connectivity index (χ0n) is 9.02. The first-order chi connectivity index (χ1) is 6.52. The summed E-state index contributed by atoms with van der Waals surface area (Å²) in [6.07, 6.45) is 0.836. The summed E-state index contributed by atoms with van der Waals surface area (Å²) >= 11 is 0. The number of rotatable bonds is 8. The van der Waals surface area contributed by atoms with Crippen molar-refractivity contribution >= 4 is 0 Å². The van der Waals surface area contributed by atoms with Crippen molar-refractivity contribution in [3.05, 3.63) is 0 Å². The van der Waals surface area contributed by atoms with E-state index >= 15 is 0 Å². The molecule has 0 saturated carbocycles. The summed E-state index contributed by atoms with van der Waals surface area (Å²) < 4.78 is 5.05. The number of aliphatic hydroxyl groups excluding tert-OH is 3. The highest BCUT2D eigenvalue weighted by Crippen LogP contribution is 2.04. The van der Waals surface area contributed by atoms with Gasteiger partial charge in [-0.3, -0.25) is 0 Å². The van der Waals surface area contributed by atoms with Crippen LogP contribution < -0.4 is 0 Å². The molecule has 0 rings (SSSR count). The van der Waals surface area contributed by atoms with E-state index in [1.165, 1.54) is 0 Å². The van der Waals surface area contributed by atoms with E-state index in [9.17, 15) is 5.11 Å². The summed E-state index contributed by atoms with van der Waals surface area (Å²) in [6.45, 7) is 3.88. The predicted octanol–water partition coefficient (Wildman–Crippen LogP) is 0.296. The van der Waals surface area contributed by atoms with Crippen molar-refractivity contribution in [2.24, 2.45) is 0 Å². The molecule has 0 aliphatic carbocycles. The van der Waals surface area contributed by atoms with E-state index < -0.39 is 12.2 Å². The molecular formula is C10H22O4. The minimum absolute atomic E-state index is 0.255. The van der Waals surface area contributed by atoms with E-state index in [4.69, 9.17) is 14.9 Å². The molecule has 3 atom stereocenters. The molecule has 0 spiro atoms. The fourth-order valence-corrected chi connectivity index (χ4v) is 1.11. The summed E-state index contributed by atoms with van der Waals surface area (Å²) in [5.41, 5.74) is 0. The van der Waals surface area contributed by atoms with Crippen molar-refractivity contribution in [1.82, 2.24) is 0 Å². The first-order valence-corrected chi connectivity index (χ1v) is 5.14. The average Bonchev–Trinajstić information content (AvgIpc) is 2.02. The lowest BCUT2D eigenvalue weighted by molar-refractivity contribution is -0.00576. The van der Waals surface area contributed by atoms with Crippen LogP contribution in [0.1, 0.15) is 33.1 Å². The Morgan fingerprint density at radius 3 is 2.07 bits per heavy atom. The molecule has 4 heteroatoms. The molecule has 0 amide bonds. The smallest absolute Gasteiger partial charge is 0.0773 e. The van der Waals surface area contributed by atoms with E-state index in [1.807, 2.05) is 0 Å². The minimum Gasteiger partial charge on any atom is -0.393 e. The van der Waals surface area contributed by atoms with Crippen LogP contribution in [0.3, 0.4) is 0 Å². The summed E-state index contributed by atoms with van der Waals surface area (Å²) in [6, 6.07) is 0. The predicted molar refractivity (Wildman–Crippen MR) is 54.0 cm³/mol. The molecule has 86 valence electrons. The van der Waals surface area contributed by atoms with Gasteiger partial charge in [-0.15, -0.1) is 0 Å². The van der Waals surface area contributed by atoms with Gasteiger partial charge in [0.1, 0.15) is 0 Å². The molecule has 0 bridgehead atoms. The Kier molecular flexibility index (Phi) is 8.08. The second-order valence-electron chi connectivity index (χ2n) is 3.82. The van der Waals surface area contributed by atoms with Crippen molar-refractivity contribution in [3.63, 3.8) is 0 Å². The third-order valence-corrected chi connectivity index (χ3v) is 1.83. The number of hydrogen-bond acceptors (Lipinski definition) is 4. The summed E-state index contributed by atoms with van der Waals surface area (Å²) in [4.78, 5) is 0. The van der Waals surface area contributed by atoms with Crippen LogP contribution in [0, 0.1) is 0 Å². The van der Waals surface area contributed by atoms with Gasteiger partial charge >= 0.3 is 0 Å². The Labute approximate surface area is 85.5 Å². The van der Waals surface area contributed by atoms with Crippen LogP contribution in [0.4, 0.5) is 0 Å². The monoisotopic (exact) mass is 206 g/mol. The van der Waals surface area contributed by atoms with Gasteiger partial charge in [-0.1, -0.05) is 0 Å². The lowest BCUT2D eigenvalue weighted by atomic mass is 10.1. The van der Waals surface area contributed by atoms with Crippen molar-refractivity contribution < 1.29 is 20.1 Å². The molecule has 14 heavy (non-hydrogen) atoms. The number of ether oxygens (including phenoxy) is 1. The van der Waals surface area contributed by atoms with Gasteiger partial charge in [-0.25, -0.2) is 0 Å². The molecule has 0 radical (unpaired) electrons. The summed E-state index contributed by atoms with van der Waals surface area (Å²) in [5.74, 6) is 0. The second-order valence-corrected chi connectivity index (χ2v) is 3.82. The second kappa shape index (κ2) is 8.17. The van der Waals surface area contributed by atoms with Gasteiger partial charge in [0.15, 0.2) is 0 Å². The van der Waals surface area contributed by atoms with Crippen LogP contribution in [0.2, 0.25) is 0 Å². The van der Waals surface area contributed by atoms with E-state index in [0.29, 0.717) is 12.8 Å². The van der Waals surface area contributed by atoms with Crippen molar-refractivity contribution in [2.75, 3.05) is 13.2 Å². The Hall–Kier alpha value is -0.160. The highest BCUT2D eigenvalue weighted by atomic mass is 16.5. The molecule has 4 nitrogen and oxygen atoms in total. The Balaban J connectivity index is 3.23. The van der Waals surface area contributed by atoms with Gasteiger partial charge in [0.05, 0.1) is 31.5 Å².